The minimum Gasteiger partial charge on any atom is -0.342 e. The molecule has 1 saturated heterocycles. The highest BCUT2D eigenvalue weighted by Gasteiger charge is 2.29. The normalized spacial score (nSPS) is 17.5. The number of fused-ring (bicyclic) bond motifs is 1. The maximum absolute atomic E-state index is 13.2. The molecule has 0 spiro atoms. The lowest BCUT2D eigenvalue weighted by molar-refractivity contribution is 0.0706. The lowest BCUT2D eigenvalue weighted by atomic mass is 9.96. The van der Waals surface area contributed by atoms with Crippen LogP contribution in [-0.2, 0) is 0 Å². The van der Waals surface area contributed by atoms with Crippen LogP contribution in [0.25, 0.3) is 21.6 Å². The van der Waals surface area contributed by atoms with Crippen molar-refractivity contribution in [3.05, 3.63) is 59.4 Å². The second-order valence-corrected chi connectivity index (χ2v) is 7.81. The van der Waals surface area contributed by atoms with Crippen molar-refractivity contribution in [3.8, 4) is 10.6 Å². The fourth-order valence-corrected chi connectivity index (χ4v) is 4.51. The largest absolute Gasteiger partial charge is 0.342 e. The van der Waals surface area contributed by atoms with Crippen molar-refractivity contribution < 1.29 is 4.79 Å². The topological polar surface area (TPSA) is 77.7 Å². The summed E-state index contributed by atoms with van der Waals surface area (Å²) in [4.78, 5) is 24.3. The Morgan fingerprint density at radius 3 is 3.00 bits per heavy atom. The second-order valence-electron chi connectivity index (χ2n) is 6.87. The van der Waals surface area contributed by atoms with Crippen LogP contribution in [0.5, 0.6) is 0 Å². The van der Waals surface area contributed by atoms with Gasteiger partial charge < -0.3 is 9.88 Å². The predicted molar refractivity (Wildman–Crippen MR) is 106 cm³/mol. The van der Waals surface area contributed by atoms with Gasteiger partial charge in [-0.1, -0.05) is 18.2 Å². The Morgan fingerprint density at radius 2 is 2.15 bits per heavy atom. The van der Waals surface area contributed by atoms with Crippen molar-refractivity contribution in [2.24, 2.45) is 0 Å². The highest BCUT2D eigenvalue weighted by molar-refractivity contribution is 7.13. The Hall–Kier alpha value is -2.93. The van der Waals surface area contributed by atoms with Crippen molar-refractivity contribution in [1.29, 1.82) is 0 Å². The molecule has 1 amide bonds. The molecule has 6 nitrogen and oxygen atoms in total. The summed E-state index contributed by atoms with van der Waals surface area (Å²) in [5, 5.41) is 9.10. The smallest absolute Gasteiger partial charge is 0.257 e. The summed E-state index contributed by atoms with van der Waals surface area (Å²) in [6, 6.07) is 12.0. The van der Waals surface area contributed by atoms with E-state index in [-0.39, 0.29) is 11.8 Å². The predicted octanol–water partition coefficient (Wildman–Crippen LogP) is 4.03. The first-order valence-corrected chi connectivity index (χ1v) is 9.99. The van der Waals surface area contributed by atoms with Crippen LogP contribution in [-0.4, -0.2) is 44.1 Å². The molecular formula is C20H19N5OS. The number of nitrogens with one attached hydrogen (secondary N) is 2. The van der Waals surface area contributed by atoms with Gasteiger partial charge in [-0.25, -0.2) is 4.98 Å². The molecule has 0 saturated carbocycles. The molecule has 1 aliphatic heterocycles. The van der Waals surface area contributed by atoms with Gasteiger partial charge in [0.1, 0.15) is 5.82 Å². The van der Waals surface area contributed by atoms with Gasteiger partial charge in [0.2, 0.25) is 0 Å². The van der Waals surface area contributed by atoms with Gasteiger partial charge in [-0.2, -0.15) is 5.10 Å². The highest BCUT2D eigenvalue weighted by atomic mass is 32.1. The van der Waals surface area contributed by atoms with E-state index in [1.54, 1.807) is 17.5 Å². The first kappa shape index (κ1) is 16.3. The van der Waals surface area contributed by atoms with Gasteiger partial charge in [-0.15, -0.1) is 11.3 Å². The molecule has 1 aliphatic rings. The van der Waals surface area contributed by atoms with Crippen LogP contribution < -0.4 is 0 Å². The number of piperidine rings is 1. The van der Waals surface area contributed by atoms with Crippen LogP contribution in [0.1, 0.15) is 34.9 Å². The summed E-state index contributed by atoms with van der Waals surface area (Å²) in [5.41, 5.74) is 3.47. The first-order chi connectivity index (χ1) is 13.3. The van der Waals surface area contributed by atoms with Gasteiger partial charge in [0.05, 0.1) is 33.4 Å². The number of aromatic nitrogens is 4. The van der Waals surface area contributed by atoms with E-state index in [9.17, 15) is 4.79 Å². The molecule has 7 heteroatoms. The van der Waals surface area contributed by atoms with Crippen molar-refractivity contribution in [3.63, 3.8) is 0 Å². The third kappa shape index (κ3) is 2.94. The average Bonchev–Trinajstić information content (AvgIpc) is 3.47. The van der Waals surface area contributed by atoms with Crippen LogP contribution in [0.2, 0.25) is 0 Å². The number of rotatable bonds is 3. The number of benzene rings is 1. The number of para-hydroxylation sites is 2. The monoisotopic (exact) mass is 377 g/mol. The summed E-state index contributed by atoms with van der Waals surface area (Å²) in [6.07, 6.45) is 3.65. The van der Waals surface area contributed by atoms with E-state index in [2.05, 4.69) is 15.2 Å². The third-order valence-corrected chi connectivity index (χ3v) is 6.03. The van der Waals surface area contributed by atoms with Crippen molar-refractivity contribution in [2.45, 2.75) is 18.8 Å². The number of aromatic amines is 2. The fraction of sp³-hybridized carbons (Fsp3) is 0.250. The molecule has 1 aromatic carbocycles. The minimum absolute atomic E-state index is 0.0351. The molecular weight excluding hydrogens is 358 g/mol. The summed E-state index contributed by atoms with van der Waals surface area (Å²) in [5.74, 6) is 1.24. The summed E-state index contributed by atoms with van der Waals surface area (Å²) in [6.45, 7) is 1.44. The van der Waals surface area contributed by atoms with E-state index in [1.807, 2.05) is 46.7 Å². The van der Waals surface area contributed by atoms with E-state index < -0.39 is 0 Å². The molecule has 27 heavy (non-hydrogen) atoms. The van der Waals surface area contributed by atoms with Crippen LogP contribution in [0.4, 0.5) is 0 Å². The number of carbonyl (C=O) groups excluding carboxylic acids is 1. The molecule has 0 radical (unpaired) electrons. The van der Waals surface area contributed by atoms with E-state index in [0.29, 0.717) is 12.1 Å². The Balaban J connectivity index is 1.40. The number of thiophene rings is 1. The average molecular weight is 377 g/mol. The molecule has 5 rings (SSSR count). The lowest BCUT2D eigenvalue weighted by Gasteiger charge is -2.31. The molecule has 2 N–H and O–H groups in total. The fourth-order valence-electron chi connectivity index (χ4n) is 3.78. The Kier molecular flexibility index (Phi) is 4.01. The first-order valence-electron chi connectivity index (χ1n) is 9.11. The molecule has 4 aromatic rings. The standard InChI is InChI=1S/C20H19N5OS/c26-20(14-11-21-24-18(14)17-8-4-10-27-17)25-9-3-5-13(12-25)19-22-15-6-1-2-7-16(15)23-19/h1-2,4,6-8,10-11,13H,3,5,9,12H2,(H,21,24)(H,22,23)/t13-/m1/s1. The Labute approximate surface area is 160 Å². The number of amides is 1. The third-order valence-electron chi connectivity index (χ3n) is 5.14. The second kappa shape index (κ2) is 6.66. The molecule has 1 atom stereocenters. The quantitative estimate of drug-likeness (QED) is 0.566. The van der Waals surface area contributed by atoms with Crippen LogP contribution in [0, 0.1) is 0 Å². The maximum Gasteiger partial charge on any atom is 0.257 e. The summed E-state index contributed by atoms with van der Waals surface area (Å²) < 4.78 is 0. The summed E-state index contributed by atoms with van der Waals surface area (Å²) >= 11 is 1.60. The Bertz CT molecular complexity index is 1050. The SMILES string of the molecule is O=C(c1cn[nH]c1-c1cccs1)N1CCC[C@@H](c2nc3ccccc3[nH]2)C1. The van der Waals surface area contributed by atoms with E-state index in [1.165, 1.54) is 0 Å². The van der Waals surface area contributed by atoms with E-state index in [4.69, 9.17) is 4.98 Å². The van der Waals surface area contributed by atoms with E-state index in [0.717, 1.165) is 46.8 Å². The minimum atomic E-state index is 0.0351. The number of hydrogen-bond acceptors (Lipinski definition) is 4. The van der Waals surface area contributed by atoms with Gasteiger partial charge in [0, 0.05) is 19.0 Å². The van der Waals surface area contributed by atoms with Gasteiger partial charge in [-0.3, -0.25) is 9.89 Å². The number of likely N-dealkylation sites (tertiary alicyclic amines) is 1. The number of H-pyrrole nitrogens is 2. The Morgan fingerprint density at radius 1 is 1.22 bits per heavy atom. The molecule has 0 unspecified atom stereocenters. The van der Waals surface area contributed by atoms with Crippen LogP contribution >= 0.6 is 11.3 Å². The number of imidazole rings is 1. The molecule has 0 aliphatic carbocycles. The molecule has 1 fully saturated rings. The number of carbonyl (C=O) groups is 1. The van der Waals surface area contributed by atoms with Gasteiger partial charge in [0.15, 0.2) is 0 Å². The van der Waals surface area contributed by atoms with Gasteiger partial charge in [0.25, 0.3) is 5.91 Å². The van der Waals surface area contributed by atoms with Crippen LogP contribution in [0.15, 0.2) is 48.0 Å². The van der Waals surface area contributed by atoms with Gasteiger partial charge in [-0.05, 0) is 36.4 Å². The zero-order valence-electron chi connectivity index (χ0n) is 14.7. The van der Waals surface area contributed by atoms with Crippen molar-refractivity contribution in [1.82, 2.24) is 25.1 Å². The van der Waals surface area contributed by atoms with Crippen molar-refractivity contribution >= 4 is 28.3 Å². The molecule has 3 aromatic heterocycles. The maximum atomic E-state index is 13.2. The lowest BCUT2D eigenvalue weighted by Crippen LogP contribution is -2.39. The summed E-state index contributed by atoms with van der Waals surface area (Å²) in [7, 11) is 0. The highest BCUT2D eigenvalue weighted by Crippen LogP contribution is 2.30. The molecule has 0 bridgehead atoms. The zero-order chi connectivity index (χ0) is 18.2. The van der Waals surface area contributed by atoms with Crippen LogP contribution in [0.3, 0.4) is 0 Å². The number of nitrogens with zero attached hydrogens (tertiary/aromatic N) is 3. The van der Waals surface area contributed by atoms with Gasteiger partial charge >= 0.3 is 0 Å². The molecule has 4 heterocycles. The van der Waals surface area contributed by atoms with E-state index >= 15 is 0 Å². The number of hydrogen-bond donors (Lipinski definition) is 2. The van der Waals surface area contributed by atoms with Crippen molar-refractivity contribution in [2.75, 3.05) is 13.1 Å². The molecule has 136 valence electrons. The zero-order valence-corrected chi connectivity index (χ0v) is 15.5.